The van der Waals surface area contributed by atoms with E-state index in [0.717, 1.165) is 23.9 Å². The van der Waals surface area contributed by atoms with Gasteiger partial charge in [-0.3, -0.25) is 9.59 Å². The van der Waals surface area contributed by atoms with Gasteiger partial charge in [0.1, 0.15) is 23.4 Å². The minimum absolute atomic E-state index is 0.0826. The number of hydrogen-bond donors (Lipinski definition) is 1. The van der Waals surface area contributed by atoms with Gasteiger partial charge in [-0.15, -0.1) is 5.10 Å². The van der Waals surface area contributed by atoms with Crippen LogP contribution in [0.5, 0.6) is 11.5 Å². The van der Waals surface area contributed by atoms with Gasteiger partial charge in [0, 0.05) is 18.3 Å². The van der Waals surface area contributed by atoms with Crippen LogP contribution < -0.4 is 14.8 Å². The van der Waals surface area contributed by atoms with E-state index in [2.05, 4.69) is 15.6 Å². The molecular formula is C28H26FN5O4. The molecule has 0 atom stereocenters. The summed E-state index contributed by atoms with van der Waals surface area (Å²) in [6.45, 7) is 0.203. The van der Waals surface area contributed by atoms with Crippen LogP contribution in [0, 0.1) is 5.82 Å². The molecule has 1 aliphatic carbocycles. The third-order valence-electron chi connectivity index (χ3n) is 7.26. The summed E-state index contributed by atoms with van der Waals surface area (Å²) in [7, 11) is 0. The number of amides is 2. The lowest BCUT2D eigenvalue weighted by Gasteiger charge is -2.40. The number of aromatic nitrogens is 3. The van der Waals surface area contributed by atoms with Gasteiger partial charge in [-0.25, -0.2) is 9.07 Å². The highest BCUT2D eigenvalue weighted by Crippen LogP contribution is 2.39. The fourth-order valence-corrected chi connectivity index (χ4v) is 5.30. The second-order valence-electron chi connectivity index (χ2n) is 9.60. The monoisotopic (exact) mass is 515 g/mol. The first-order valence-corrected chi connectivity index (χ1v) is 12.6. The molecule has 194 valence electrons. The molecule has 0 unspecified atom stereocenters. The lowest BCUT2D eigenvalue weighted by Crippen LogP contribution is -2.57. The Morgan fingerprint density at radius 1 is 1.00 bits per heavy atom. The predicted octanol–water partition coefficient (Wildman–Crippen LogP) is 4.28. The Morgan fingerprint density at radius 2 is 1.76 bits per heavy atom. The van der Waals surface area contributed by atoms with Crippen LogP contribution in [-0.4, -0.2) is 44.0 Å². The van der Waals surface area contributed by atoms with Gasteiger partial charge >= 0.3 is 0 Å². The minimum atomic E-state index is -1.09. The first-order valence-electron chi connectivity index (χ1n) is 12.6. The molecule has 1 aliphatic heterocycles. The molecule has 6 rings (SSSR count). The van der Waals surface area contributed by atoms with Crippen molar-refractivity contribution < 1.29 is 23.5 Å². The van der Waals surface area contributed by atoms with Crippen LogP contribution in [0.3, 0.4) is 0 Å². The second kappa shape index (κ2) is 9.77. The van der Waals surface area contributed by atoms with E-state index in [1.165, 1.54) is 12.1 Å². The SMILES string of the molecule is O=C(Cn1nnc2ccccc21)N(Cc1ccc(F)cc1)C1(C(=O)Nc2ccc3c(c2)OCO3)CCCC1. The van der Waals surface area contributed by atoms with E-state index < -0.39 is 5.54 Å². The molecule has 0 saturated heterocycles. The number of carbonyl (C=O) groups is 2. The second-order valence-corrected chi connectivity index (χ2v) is 9.60. The fraction of sp³-hybridized carbons (Fsp3) is 0.286. The van der Waals surface area contributed by atoms with Crippen molar-refractivity contribution in [2.24, 2.45) is 0 Å². The molecular weight excluding hydrogens is 489 g/mol. The number of fused-ring (bicyclic) bond motifs is 2. The highest BCUT2D eigenvalue weighted by molar-refractivity contribution is 6.01. The van der Waals surface area contributed by atoms with E-state index in [1.54, 1.807) is 39.9 Å². The average Bonchev–Trinajstić information content (AvgIpc) is 3.69. The Labute approximate surface area is 218 Å². The molecule has 1 fully saturated rings. The third kappa shape index (κ3) is 4.42. The largest absolute Gasteiger partial charge is 0.454 e. The normalized spacial score (nSPS) is 15.5. The number of hydrogen-bond acceptors (Lipinski definition) is 6. The van der Waals surface area contributed by atoms with E-state index in [-0.39, 0.29) is 37.5 Å². The van der Waals surface area contributed by atoms with Gasteiger partial charge in [-0.1, -0.05) is 42.3 Å². The van der Waals surface area contributed by atoms with Crippen LogP contribution in [0.1, 0.15) is 31.2 Å². The summed E-state index contributed by atoms with van der Waals surface area (Å²) < 4.78 is 26.0. The molecule has 0 bridgehead atoms. The first kappa shape index (κ1) is 23.9. The van der Waals surface area contributed by atoms with Crippen molar-refractivity contribution in [1.82, 2.24) is 19.9 Å². The van der Waals surface area contributed by atoms with Crippen LogP contribution in [0.2, 0.25) is 0 Å². The van der Waals surface area contributed by atoms with E-state index in [9.17, 15) is 14.0 Å². The molecule has 1 N–H and O–H groups in total. The Hall–Kier alpha value is -4.47. The van der Waals surface area contributed by atoms with E-state index in [0.29, 0.717) is 35.5 Å². The first-order chi connectivity index (χ1) is 18.5. The van der Waals surface area contributed by atoms with Gasteiger partial charge in [0.25, 0.3) is 0 Å². The van der Waals surface area contributed by atoms with Crippen LogP contribution in [0.4, 0.5) is 10.1 Å². The Morgan fingerprint density at radius 3 is 2.58 bits per heavy atom. The molecule has 0 spiro atoms. The van der Waals surface area contributed by atoms with Crippen molar-refractivity contribution in [2.75, 3.05) is 12.1 Å². The van der Waals surface area contributed by atoms with Gasteiger partial charge in [0.05, 0.1) is 5.52 Å². The van der Waals surface area contributed by atoms with Crippen molar-refractivity contribution in [3.8, 4) is 11.5 Å². The predicted molar refractivity (Wildman–Crippen MR) is 137 cm³/mol. The molecule has 2 amide bonds. The van der Waals surface area contributed by atoms with Crippen molar-refractivity contribution in [3.63, 3.8) is 0 Å². The van der Waals surface area contributed by atoms with Crippen LogP contribution in [0.25, 0.3) is 11.0 Å². The molecule has 2 aliphatic rings. The van der Waals surface area contributed by atoms with Gasteiger partial charge < -0.3 is 19.7 Å². The summed E-state index contributed by atoms with van der Waals surface area (Å²) in [4.78, 5) is 29.6. The van der Waals surface area contributed by atoms with Crippen molar-refractivity contribution in [3.05, 3.63) is 78.1 Å². The third-order valence-corrected chi connectivity index (χ3v) is 7.26. The molecule has 2 heterocycles. The summed E-state index contributed by atoms with van der Waals surface area (Å²) in [6.07, 6.45) is 2.62. The Bertz CT molecular complexity index is 1500. The number of benzene rings is 3. The zero-order chi connectivity index (χ0) is 26.1. The summed E-state index contributed by atoms with van der Waals surface area (Å²) in [5, 5.41) is 11.3. The zero-order valence-electron chi connectivity index (χ0n) is 20.6. The maximum Gasteiger partial charge on any atom is 0.250 e. The number of ether oxygens (including phenoxy) is 2. The maximum atomic E-state index is 14.0. The number of nitrogens with one attached hydrogen (secondary N) is 1. The number of carbonyl (C=O) groups excluding carboxylic acids is 2. The van der Waals surface area contributed by atoms with Crippen molar-refractivity contribution in [2.45, 2.75) is 44.3 Å². The molecule has 4 aromatic rings. The van der Waals surface area contributed by atoms with Gasteiger partial charge in [-0.2, -0.15) is 0 Å². The topological polar surface area (TPSA) is 98.6 Å². The zero-order valence-corrected chi connectivity index (χ0v) is 20.6. The maximum absolute atomic E-state index is 14.0. The van der Waals surface area contributed by atoms with Crippen LogP contribution in [-0.2, 0) is 22.7 Å². The van der Waals surface area contributed by atoms with Gasteiger partial charge in [0.2, 0.25) is 18.6 Å². The number of halogens is 1. The summed E-state index contributed by atoms with van der Waals surface area (Å²) in [5.41, 5.74) is 1.61. The standard InChI is InChI=1S/C28H26FN5O4/c29-20-9-7-19(8-10-20)16-33(26(35)17-34-23-6-2-1-5-22(23)31-32-34)28(13-3-4-14-28)27(36)30-21-11-12-24-25(15-21)38-18-37-24/h1-2,5-12,15H,3-4,13-14,16-18H2,(H,30,36). The molecule has 1 saturated carbocycles. The quantitative estimate of drug-likeness (QED) is 0.395. The Balaban J connectivity index is 1.33. The van der Waals surface area contributed by atoms with Crippen molar-refractivity contribution >= 4 is 28.5 Å². The highest BCUT2D eigenvalue weighted by atomic mass is 19.1. The number of anilines is 1. The minimum Gasteiger partial charge on any atom is -0.454 e. The van der Waals surface area contributed by atoms with Gasteiger partial charge in [-0.05, 0) is 54.8 Å². The van der Waals surface area contributed by atoms with E-state index in [4.69, 9.17) is 9.47 Å². The number of rotatable bonds is 7. The van der Waals surface area contributed by atoms with Crippen LogP contribution >= 0.6 is 0 Å². The van der Waals surface area contributed by atoms with Crippen molar-refractivity contribution in [1.29, 1.82) is 0 Å². The highest BCUT2D eigenvalue weighted by Gasteiger charge is 2.48. The molecule has 10 heteroatoms. The summed E-state index contributed by atoms with van der Waals surface area (Å²) in [5.74, 6) is 0.268. The number of nitrogens with zero attached hydrogens (tertiary/aromatic N) is 4. The van der Waals surface area contributed by atoms with Gasteiger partial charge in [0.15, 0.2) is 11.5 Å². The average molecular weight is 516 g/mol. The number of para-hydroxylation sites is 1. The molecule has 1 aromatic heterocycles. The van der Waals surface area contributed by atoms with E-state index in [1.807, 2.05) is 24.3 Å². The molecule has 9 nitrogen and oxygen atoms in total. The van der Waals surface area contributed by atoms with Crippen LogP contribution in [0.15, 0.2) is 66.7 Å². The van der Waals surface area contributed by atoms with E-state index >= 15 is 0 Å². The lowest BCUT2D eigenvalue weighted by atomic mass is 9.92. The summed E-state index contributed by atoms with van der Waals surface area (Å²) in [6, 6.07) is 18.6. The Kier molecular flexibility index (Phi) is 6.15. The molecule has 38 heavy (non-hydrogen) atoms. The fourth-order valence-electron chi connectivity index (χ4n) is 5.30. The lowest BCUT2D eigenvalue weighted by molar-refractivity contribution is -0.147. The molecule has 0 radical (unpaired) electrons. The smallest absolute Gasteiger partial charge is 0.250 e. The molecule has 3 aromatic carbocycles. The summed E-state index contributed by atoms with van der Waals surface area (Å²) >= 11 is 0.